The SMILES string of the molecule is CC(O)(CN)Cc1nc2ccccc2o1. The summed E-state index contributed by atoms with van der Waals surface area (Å²) in [6.45, 7) is 1.85. The van der Waals surface area contributed by atoms with E-state index in [9.17, 15) is 5.11 Å². The molecule has 2 aromatic rings. The Balaban J connectivity index is 2.30. The Hall–Kier alpha value is -1.39. The second-order valence-corrected chi connectivity index (χ2v) is 3.95. The molecular weight excluding hydrogens is 192 g/mol. The third kappa shape index (κ3) is 2.16. The van der Waals surface area contributed by atoms with Crippen LogP contribution in [0.1, 0.15) is 12.8 Å². The molecule has 15 heavy (non-hydrogen) atoms. The quantitative estimate of drug-likeness (QED) is 0.788. The van der Waals surface area contributed by atoms with E-state index in [1.807, 2.05) is 24.3 Å². The zero-order valence-corrected chi connectivity index (χ0v) is 8.60. The van der Waals surface area contributed by atoms with Gasteiger partial charge in [-0.25, -0.2) is 4.98 Å². The van der Waals surface area contributed by atoms with E-state index in [0.29, 0.717) is 12.3 Å². The van der Waals surface area contributed by atoms with Crippen molar-refractivity contribution in [3.05, 3.63) is 30.2 Å². The minimum atomic E-state index is -0.957. The van der Waals surface area contributed by atoms with Crippen LogP contribution in [-0.2, 0) is 6.42 Å². The van der Waals surface area contributed by atoms with Gasteiger partial charge in [0.25, 0.3) is 0 Å². The molecule has 0 saturated carbocycles. The van der Waals surface area contributed by atoms with Crippen molar-refractivity contribution in [1.29, 1.82) is 0 Å². The Labute approximate surface area is 87.7 Å². The fraction of sp³-hybridized carbons (Fsp3) is 0.364. The lowest BCUT2D eigenvalue weighted by atomic mass is 10.0. The van der Waals surface area contributed by atoms with Gasteiger partial charge < -0.3 is 15.3 Å². The lowest BCUT2D eigenvalue weighted by Gasteiger charge is -2.18. The lowest BCUT2D eigenvalue weighted by Crippen LogP contribution is -2.36. The predicted molar refractivity (Wildman–Crippen MR) is 57.4 cm³/mol. The van der Waals surface area contributed by atoms with Crippen LogP contribution >= 0.6 is 0 Å². The highest BCUT2D eigenvalue weighted by Gasteiger charge is 2.21. The van der Waals surface area contributed by atoms with Crippen molar-refractivity contribution in [2.24, 2.45) is 5.73 Å². The maximum Gasteiger partial charge on any atom is 0.198 e. The first kappa shape index (κ1) is 10.1. The molecule has 0 aliphatic heterocycles. The molecule has 3 N–H and O–H groups in total. The summed E-state index contributed by atoms with van der Waals surface area (Å²) in [4.78, 5) is 4.26. The Morgan fingerprint density at radius 1 is 1.47 bits per heavy atom. The van der Waals surface area contributed by atoms with Crippen molar-refractivity contribution < 1.29 is 9.52 Å². The molecule has 0 radical (unpaired) electrons. The van der Waals surface area contributed by atoms with E-state index >= 15 is 0 Å². The van der Waals surface area contributed by atoms with Gasteiger partial charge in [0, 0.05) is 6.54 Å². The van der Waals surface area contributed by atoms with Gasteiger partial charge in [0.05, 0.1) is 12.0 Å². The number of aromatic nitrogens is 1. The number of aliphatic hydroxyl groups is 1. The van der Waals surface area contributed by atoms with Crippen LogP contribution in [0.2, 0.25) is 0 Å². The summed E-state index contributed by atoms with van der Waals surface area (Å²) in [5.74, 6) is 0.520. The fourth-order valence-electron chi connectivity index (χ4n) is 1.39. The molecule has 0 saturated heterocycles. The van der Waals surface area contributed by atoms with Gasteiger partial charge in [0.15, 0.2) is 11.5 Å². The molecule has 0 bridgehead atoms. The van der Waals surface area contributed by atoms with Crippen molar-refractivity contribution in [3.8, 4) is 0 Å². The summed E-state index contributed by atoms with van der Waals surface area (Å²) in [5, 5.41) is 9.78. The molecule has 4 heteroatoms. The average Bonchev–Trinajstić information content (AvgIpc) is 2.58. The van der Waals surface area contributed by atoms with E-state index in [1.165, 1.54) is 0 Å². The molecule has 1 heterocycles. The molecule has 0 aliphatic carbocycles. The number of oxazole rings is 1. The number of nitrogens with zero attached hydrogens (tertiary/aromatic N) is 1. The second-order valence-electron chi connectivity index (χ2n) is 3.95. The Morgan fingerprint density at radius 3 is 2.87 bits per heavy atom. The van der Waals surface area contributed by atoms with Crippen LogP contribution in [0.5, 0.6) is 0 Å². The monoisotopic (exact) mass is 206 g/mol. The Kier molecular flexibility index (Phi) is 2.46. The molecule has 0 spiro atoms. The van der Waals surface area contributed by atoms with Gasteiger partial charge in [-0.05, 0) is 19.1 Å². The standard InChI is InChI=1S/C11H14N2O2/c1-11(14,7-12)6-10-13-8-4-2-3-5-9(8)15-10/h2-5,14H,6-7,12H2,1H3. The van der Waals surface area contributed by atoms with E-state index in [-0.39, 0.29) is 6.54 Å². The second kappa shape index (κ2) is 3.64. The van der Waals surface area contributed by atoms with Gasteiger partial charge in [-0.2, -0.15) is 0 Å². The van der Waals surface area contributed by atoms with Gasteiger partial charge in [0.1, 0.15) is 5.52 Å². The highest BCUT2D eigenvalue weighted by Crippen LogP contribution is 2.18. The highest BCUT2D eigenvalue weighted by molar-refractivity contribution is 5.72. The average molecular weight is 206 g/mol. The number of hydrogen-bond donors (Lipinski definition) is 2. The molecule has 0 aliphatic rings. The third-order valence-electron chi connectivity index (χ3n) is 2.31. The Bertz CT molecular complexity index is 429. The number of fused-ring (bicyclic) bond motifs is 1. The highest BCUT2D eigenvalue weighted by atomic mass is 16.4. The molecule has 0 fully saturated rings. The van der Waals surface area contributed by atoms with Gasteiger partial charge in [-0.1, -0.05) is 12.1 Å². The lowest BCUT2D eigenvalue weighted by molar-refractivity contribution is 0.0632. The smallest absolute Gasteiger partial charge is 0.198 e. The molecule has 4 nitrogen and oxygen atoms in total. The zero-order valence-electron chi connectivity index (χ0n) is 8.60. The van der Waals surface area contributed by atoms with Crippen molar-refractivity contribution in [1.82, 2.24) is 4.98 Å². The van der Waals surface area contributed by atoms with E-state index < -0.39 is 5.60 Å². The van der Waals surface area contributed by atoms with E-state index in [2.05, 4.69) is 4.98 Å². The predicted octanol–water partition coefficient (Wildman–Crippen LogP) is 1.08. The number of para-hydroxylation sites is 2. The number of hydrogen-bond acceptors (Lipinski definition) is 4. The molecule has 1 atom stereocenters. The van der Waals surface area contributed by atoms with E-state index in [0.717, 1.165) is 11.1 Å². The summed E-state index contributed by atoms with van der Waals surface area (Å²) in [6, 6.07) is 7.51. The van der Waals surface area contributed by atoms with Crippen LogP contribution in [-0.4, -0.2) is 22.2 Å². The summed E-state index contributed by atoms with van der Waals surface area (Å²) in [5.41, 5.74) is 6.01. The number of nitrogens with two attached hydrogens (primary N) is 1. The first-order valence-corrected chi connectivity index (χ1v) is 4.88. The summed E-state index contributed by atoms with van der Waals surface area (Å²) in [6.07, 6.45) is 0.332. The maximum atomic E-state index is 9.78. The van der Waals surface area contributed by atoms with Crippen molar-refractivity contribution in [3.63, 3.8) is 0 Å². The number of benzene rings is 1. The molecule has 0 amide bonds. The van der Waals surface area contributed by atoms with Crippen LogP contribution < -0.4 is 5.73 Å². The van der Waals surface area contributed by atoms with Crippen LogP contribution in [0.25, 0.3) is 11.1 Å². The number of rotatable bonds is 3. The molecule has 1 aromatic heterocycles. The fourth-order valence-corrected chi connectivity index (χ4v) is 1.39. The van der Waals surface area contributed by atoms with Crippen molar-refractivity contribution in [2.75, 3.05) is 6.54 Å². The molecule has 2 rings (SSSR count). The van der Waals surface area contributed by atoms with Crippen molar-refractivity contribution >= 4 is 11.1 Å². The van der Waals surface area contributed by atoms with E-state index in [4.69, 9.17) is 10.2 Å². The van der Waals surface area contributed by atoms with Crippen LogP contribution in [0.3, 0.4) is 0 Å². The minimum absolute atomic E-state index is 0.186. The minimum Gasteiger partial charge on any atom is -0.441 e. The molecule has 1 aromatic carbocycles. The largest absolute Gasteiger partial charge is 0.441 e. The van der Waals surface area contributed by atoms with Gasteiger partial charge in [-0.15, -0.1) is 0 Å². The van der Waals surface area contributed by atoms with E-state index in [1.54, 1.807) is 6.92 Å². The zero-order chi connectivity index (χ0) is 10.9. The van der Waals surface area contributed by atoms with Gasteiger partial charge >= 0.3 is 0 Å². The molecule has 80 valence electrons. The first-order valence-electron chi connectivity index (χ1n) is 4.88. The first-order chi connectivity index (χ1) is 7.11. The van der Waals surface area contributed by atoms with Gasteiger partial charge in [0.2, 0.25) is 0 Å². The summed E-state index contributed by atoms with van der Waals surface area (Å²) >= 11 is 0. The Morgan fingerprint density at radius 2 is 2.20 bits per heavy atom. The molecular formula is C11H14N2O2. The third-order valence-corrected chi connectivity index (χ3v) is 2.31. The summed E-state index contributed by atoms with van der Waals surface area (Å²) in [7, 11) is 0. The topological polar surface area (TPSA) is 72.3 Å². The van der Waals surface area contributed by atoms with Crippen LogP contribution in [0, 0.1) is 0 Å². The summed E-state index contributed by atoms with van der Waals surface area (Å²) < 4.78 is 5.48. The van der Waals surface area contributed by atoms with Crippen LogP contribution in [0.4, 0.5) is 0 Å². The molecule has 1 unspecified atom stereocenters. The van der Waals surface area contributed by atoms with Crippen molar-refractivity contribution in [2.45, 2.75) is 18.9 Å². The normalized spacial score (nSPS) is 15.4. The maximum absolute atomic E-state index is 9.78. The van der Waals surface area contributed by atoms with Gasteiger partial charge in [-0.3, -0.25) is 0 Å². The van der Waals surface area contributed by atoms with Crippen LogP contribution in [0.15, 0.2) is 28.7 Å².